The van der Waals surface area contributed by atoms with Gasteiger partial charge in [-0.1, -0.05) is 6.07 Å². The number of carbonyl (C=O) groups excluding carboxylic acids is 1. The summed E-state index contributed by atoms with van der Waals surface area (Å²) in [6.07, 6.45) is 1.96. The van der Waals surface area contributed by atoms with Crippen molar-refractivity contribution in [2.45, 2.75) is 48.8 Å². The Kier molecular flexibility index (Phi) is 2.54. The maximum Gasteiger partial charge on any atom is 0.174 e. The first-order valence-corrected chi connectivity index (χ1v) is 8.80. The fourth-order valence-corrected chi connectivity index (χ4v) is 6.10. The van der Waals surface area contributed by atoms with Crippen molar-refractivity contribution < 1.29 is 23.9 Å². The number of hydrogen-bond donors (Lipinski definition) is 1. The Hall–Kier alpha value is -1.59. The average Bonchev–Trinajstić information content (AvgIpc) is 2.90. The molecule has 1 saturated carbocycles. The summed E-state index contributed by atoms with van der Waals surface area (Å²) < 4.78 is 12.5. The van der Waals surface area contributed by atoms with Gasteiger partial charge in [-0.2, -0.15) is 0 Å². The van der Waals surface area contributed by atoms with Crippen LogP contribution in [0.5, 0.6) is 11.5 Å². The van der Waals surface area contributed by atoms with Crippen LogP contribution in [-0.2, 0) is 16.6 Å². The third-order valence-electron chi connectivity index (χ3n) is 7.27. The van der Waals surface area contributed by atoms with Crippen molar-refractivity contribution >= 4 is 5.78 Å². The van der Waals surface area contributed by atoms with Gasteiger partial charge in [0.15, 0.2) is 23.4 Å². The molecule has 5 nitrogen and oxygen atoms in total. The quantitative estimate of drug-likeness (QED) is 0.786. The van der Waals surface area contributed by atoms with Crippen LogP contribution in [0.3, 0.4) is 0 Å². The van der Waals surface area contributed by atoms with Crippen molar-refractivity contribution in [1.82, 2.24) is 0 Å². The molecule has 24 heavy (non-hydrogen) atoms. The number of hydrogen-bond acceptors (Lipinski definition) is 4. The predicted molar refractivity (Wildman–Crippen MR) is 87.4 cm³/mol. The fraction of sp³-hybridized carbons (Fsp3) is 0.632. The summed E-state index contributed by atoms with van der Waals surface area (Å²) in [6, 6.07) is 4.13. The summed E-state index contributed by atoms with van der Waals surface area (Å²) in [5, 5.41) is 11.9. The lowest BCUT2D eigenvalue weighted by atomic mass is 9.48. The highest BCUT2D eigenvalue weighted by atomic mass is 16.5. The van der Waals surface area contributed by atoms with E-state index < -0.39 is 17.1 Å². The highest BCUT2D eigenvalue weighted by Gasteiger charge is 2.75. The molecule has 1 saturated heterocycles. The predicted octanol–water partition coefficient (Wildman–Crippen LogP) is 1.19. The van der Waals surface area contributed by atoms with E-state index in [0.717, 1.165) is 29.4 Å². The molecule has 2 bridgehead atoms. The van der Waals surface area contributed by atoms with Crippen LogP contribution in [0, 0.1) is 0 Å². The van der Waals surface area contributed by atoms with E-state index in [0.29, 0.717) is 24.3 Å². The topological polar surface area (TPSA) is 55.8 Å². The molecule has 1 aromatic carbocycles. The molecule has 4 aliphatic rings. The van der Waals surface area contributed by atoms with Crippen LogP contribution >= 0.6 is 0 Å². The standard InChI is InChI=1S/C19H24NO4/c1-20(2)9-8-18-15-11-4-5-13(23-3)16(15)24-17(18)12(21)6-7-19(18,22)14(20)10-11/h4-5,14,17,22H,6-10H2,1-3H3/q+1/t14-,17?,18+,19+/m1/s1. The highest BCUT2D eigenvalue weighted by Crippen LogP contribution is 2.65. The van der Waals surface area contributed by atoms with E-state index in [9.17, 15) is 9.90 Å². The van der Waals surface area contributed by atoms with E-state index >= 15 is 0 Å². The zero-order valence-electron chi connectivity index (χ0n) is 14.5. The van der Waals surface area contributed by atoms with Gasteiger partial charge in [0.1, 0.15) is 11.6 Å². The number of benzene rings is 1. The van der Waals surface area contributed by atoms with Crippen molar-refractivity contribution in [3.05, 3.63) is 23.3 Å². The van der Waals surface area contributed by atoms with Gasteiger partial charge in [-0.15, -0.1) is 0 Å². The monoisotopic (exact) mass is 330 g/mol. The molecule has 2 fully saturated rings. The molecule has 5 heteroatoms. The molecule has 0 aromatic heterocycles. The molecule has 2 heterocycles. The lowest BCUT2D eigenvalue weighted by Crippen LogP contribution is -2.79. The third kappa shape index (κ3) is 1.35. The third-order valence-corrected chi connectivity index (χ3v) is 7.27. The van der Waals surface area contributed by atoms with Gasteiger partial charge in [0, 0.05) is 24.8 Å². The van der Waals surface area contributed by atoms with Crippen molar-refractivity contribution in [2.75, 3.05) is 27.7 Å². The Morgan fingerprint density at radius 2 is 2.12 bits per heavy atom. The van der Waals surface area contributed by atoms with E-state index in [2.05, 4.69) is 20.2 Å². The van der Waals surface area contributed by atoms with Gasteiger partial charge < -0.3 is 19.1 Å². The minimum absolute atomic E-state index is 0.0947. The molecule has 0 amide bonds. The van der Waals surface area contributed by atoms with Crippen LogP contribution in [0.1, 0.15) is 30.4 Å². The molecule has 5 rings (SSSR count). The fourth-order valence-electron chi connectivity index (χ4n) is 6.10. The molecule has 4 atom stereocenters. The van der Waals surface area contributed by atoms with Crippen LogP contribution in [0.4, 0.5) is 0 Å². The van der Waals surface area contributed by atoms with Gasteiger partial charge in [0.2, 0.25) is 0 Å². The number of ether oxygens (including phenoxy) is 2. The number of likely N-dealkylation sites (N-methyl/N-ethyl adjacent to an activating group) is 1. The lowest BCUT2D eigenvalue weighted by molar-refractivity contribution is -0.931. The molecule has 1 spiro atoms. The van der Waals surface area contributed by atoms with E-state index in [1.165, 1.54) is 5.56 Å². The van der Waals surface area contributed by atoms with Crippen LogP contribution in [0.15, 0.2) is 12.1 Å². The summed E-state index contributed by atoms with van der Waals surface area (Å²) in [4.78, 5) is 12.7. The van der Waals surface area contributed by atoms with E-state index in [1.807, 2.05) is 6.07 Å². The molecule has 1 unspecified atom stereocenters. The smallest absolute Gasteiger partial charge is 0.174 e. The van der Waals surface area contributed by atoms with Crippen molar-refractivity contribution in [1.29, 1.82) is 0 Å². The van der Waals surface area contributed by atoms with Crippen LogP contribution in [0.2, 0.25) is 0 Å². The summed E-state index contributed by atoms with van der Waals surface area (Å²) >= 11 is 0. The second kappa shape index (κ2) is 4.14. The second-order valence-corrected chi connectivity index (χ2v) is 8.46. The first-order chi connectivity index (χ1) is 11.3. The molecule has 1 N–H and O–H groups in total. The van der Waals surface area contributed by atoms with Crippen molar-refractivity contribution in [3.8, 4) is 11.5 Å². The number of piperidine rings is 1. The van der Waals surface area contributed by atoms with E-state index in [4.69, 9.17) is 9.47 Å². The Morgan fingerprint density at radius 3 is 2.88 bits per heavy atom. The number of quaternary nitrogens is 1. The average molecular weight is 330 g/mol. The molecular weight excluding hydrogens is 306 g/mol. The highest BCUT2D eigenvalue weighted by molar-refractivity contribution is 5.90. The van der Waals surface area contributed by atoms with Crippen molar-refractivity contribution in [2.24, 2.45) is 0 Å². The van der Waals surface area contributed by atoms with Crippen molar-refractivity contribution in [3.63, 3.8) is 0 Å². The summed E-state index contributed by atoms with van der Waals surface area (Å²) in [5.41, 5.74) is 0.776. The van der Waals surface area contributed by atoms with Gasteiger partial charge in [-0.3, -0.25) is 4.79 Å². The molecule has 0 radical (unpaired) electrons. The normalized spacial score (nSPS) is 40.8. The number of rotatable bonds is 1. The molecule has 2 aliphatic carbocycles. The number of methoxy groups -OCH3 is 1. The van der Waals surface area contributed by atoms with Gasteiger partial charge in [0.05, 0.1) is 33.2 Å². The Balaban J connectivity index is 1.86. The minimum Gasteiger partial charge on any atom is -0.493 e. The van der Waals surface area contributed by atoms with Gasteiger partial charge in [-0.25, -0.2) is 0 Å². The first kappa shape index (κ1) is 14.7. The second-order valence-electron chi connectivity index (χ2n) is 8.46. The number of ketones is 1. The molecule has 128 valence electrons. The number of aliphatic hydroxyl groups is 1. The molecule has 1 aromatic rings. The lowest BCUT2D eigenvalue weighted by Gasteiger charge is -2.63. The van der Waals surface area contributed by atoms with E-state index in [-0.39, 0.29) is 11.8 Å². The van der Waals surface area contributed by atoms with E-state index in [1.54, 1.807) is 7.11 Å². The maximum atomic E-state index is 12.7. The summed E-state index contributed by atoms with van der Waals surface area (Å²) in [5.74, 6) is 1.49. The first-order valence-electron chi connectivity index (χ1n) is 8.80. The van der Waals surface area contributed by atoms with Gasteiger partial charge in [-0.05, 0) is 18.1 Å². The SMILES string of the molecule is COc1ccc2c3c1OC1C(=O)CC[C@]4(O)[C@@H](C2)[N+](C)(C)CC[C@]314. The summed E-state index contributed by atoms with van der Waals surface area (Å²) in [6.45, 7) is 0.941. The zero-order valence-corrected chi connectivity index (χ0v) is 14.5. The largest absolute Gasteiger partial charge is 0.493 e. The van der Waals surface area contributed by atoms with Crippen LogP contribution in [-0.4, -0.2) is 60.9 Å². The number of likely N-dealkylation sites (tertiary alicyclic amines) is 1. The minimum atomic E-state index is -0.891. The Morgan fingerprint density at radius 1 is 1.33 bits per heavy atom. The summed E-state index contributed by atoms with van der Waals surface area (Å²) in [7, 11) is 6.03. The Labute approximate surface area is 141 Å². The van der Waals surface area contributed by atoms with Crippen LogP contribution < -0.4 is 9.47 Å². The zero-order chi connectivity index (χ0) is 16.9. The number of carbonyl (C=O) groups is 1. The number of Topliss-reactive ketones (excluding diaryl/α,β-unsaturated/α-hetero) is 1. The maximum absolute atomic E-state index is 12.7. The Bertz CT molecular complexity index is 773. The molecular formula is C19H24NO4+. The van der Waals surface area contributed by atoms with Gasteiger partial charge >= 0.3 is 0 Å². The van der Waals surface area contributed by atoms with Gasteiger partial charge in [0.25, 0.3) is 0 Å². The molecule has 2 aliphatic heterocycles. The van der Waals surface area contributed by atoms with Crippen LogP contribution in [0.25, 0.3) is 0 Å². The number of nitrogens with zero attached hydrogens (tertiary/aromatic N) is 1.